The van der Waals surface area contributed by atoms with Gasteiger partial charge >= 0.3 is 0 Å². The summed E-state index contributed by atoms with van der Waals surface area (Å²) in [6.07, 6.45) is 8.94. The Morgan fingerprint density at radius 2 is 2.00 bits per heavy atom. The topological polar surface area (TPSA) is 108 Å². The molecule has 0 unspecified atom stereocenters. The summed E-state index contributed by atoms with van der Waals surface area (Å²) in [5.41, 5.74) is 10.5. The molecular weight excluding hydrogens is 424 g/mol. The molecule has 8 nitrogen and oxygen atoms in total. The zero-order valence-corrected chi connectivity index (χ0v) is 20.8. The van der Waals surface area contributed by atoms with Gasteiger partial charge in [-0.2, -0.15) is 9.97 Å². The van der Waals surface area contributed by atoms with Crippen molar-refractivity contribution in [3.8, 4) is 0 Å². The quantitative estimate of drug-likeness (QED) is 0.253. The first-order chi connectivity index (χ1) is 16.6. The van der Waals surface area contributed by atoms with E-state index in [0.29, 0.717) is 5.95 Å². The number of nitrogens with zero attached hydrogens (tertiary/aromatic N) is 4. The number of pyridine rings is 1. The maximum atomic E-state index is 5.58. The summed E-state index contributed by atoms with van der Waals surface area (Å²) in [5, 5.41) is 8.75. The maximum absolute atomic E-state index is 5.58. The summed E-state index contributed by atoms with van der Waals surface area (Å²) >= 11 is 0. The number of nitrogens with two attached hydrogens (primary N) is 1. The van der Waals surface area contributed by atoms with Crippen LogP contribution >= 0.6 is 0 Å². The monoisotopic (exact) mass is 460 g/mol. The van der Waals surface area contributed by atoms with Crippen LogP contribution in [0.1, 0.15) is 39.2 Å². The summed E-state index contributed by atoms with van der Waals surface area (Å²) in [5.74, 6) is 1.44. The van der Waals surface area contributed by atoms with Gasteiger partial charge in [-0.25, -0.2) is 0 Å². The average molecular weight is 461 g/mol. The first-order valence-corrected chi connectivity index (χ1v) is 11.9. The fraction of sp³-hybridized carbons (Fsp3) is 0.346. The molecule has 0 amide bonds. The van der Waals surface area contributed by atoms with E-state index in [1.807, 2.05) is 39.1 Å². The Morgan fingerprint density at radius 1 is 1.18 bits per heavy atom. The van der Waals surface area contributed by atoms with E-state index in [0.717, 1.165) is 65.1 Å². The predicted molar refractivity (Wildman–Crippen MR) is 145 cm³/mol. The second-order valence-corrected chi connectivity index (χ2v) is 7.78. The van der Waals surface area contributed by atoms with E-state index in [4.69, 9.17) is 15.7 Å². The molecule has 0 aliphatic heterocycles. The third kappa shape index (κ3) is 5.39. The molecule has 3 heterocycles. The number of H-pyrrole nitrogens is 1. The normalized spacial score (nSPS) is 11.0. The minimum Gasteiger partial charge on any atom is -0.405 e. The van der Waals surface area contributed by atoms with Gasteiger partial charge in [0.05, 0.1) is 28.5 Å². The van der Waals surface area contributed by atoms with Crippen LogP contribution in [-0.4, -0.2) is 40.1 Å². The molecule has 1 aromatic carbocycles. The van der Waals surface area contributed by atoms with Gasteiger partial charge in [0.25, 0.3) is 0 Å². The summed E-state index contributed by atoms with van der Waals surface area (Å²) in [4.78, 5) is 19.8. The number of aromatic nitrogens is 4. The Labute approximate surface area is 201 Å². The van der Waals surface area contributed by atoms with Crippen LogP contribution in [0, 0.1) is 6.92 Å². The van der Waals surface area contributed by atoms with Gasteiger partial charge in [-0.3, -0.25) is 4.98 Å². The van der Waals surface area contributed by atoms with E-state index < -0.39 is 0 Å². The Bertz CT molecular complexity index is 1230. The smallest absolute Gasteiger partial charge is 0.231 e. The number of aryl methyl sites for hydroxylation is 1. The van der Waals surface area contributed by atoms with Crippen LogP contribution in [0.25, 0.3) is 21.9 Å². The van der Waals surface area contributed by atoms with Gasteiger partial charge in [0.1, 0.15) is 11.5 Å². The summed E-state index contributed by atoms with van der Waals surface area (Å²) in [6.45, 7) is 9.98. The lowest BCUT2D eigenvalue weighted by Crippen LogP contribution is -2.26. The molecule has 0 radical (unpaired) electrons. The van der Waals surface area contributed by atoms with Gasteiger partial charge in [-0.1, -0.05) is 26.8 Å². The highest BCUT2D eigenvalue weighted by atomic mass is 15.2. The van der Waals surface area contributed by atoms with Crippen molar-refractivity contribution < 1.29 is 0 Å². The minimum absolute atomic E-state index is 0.533. The van der Waals surface area contributed by atoms with Gasteiger partial charge in [0, 0.05) is 31.7 Å². The molecule has 0 spiro atoms. The summed E-state index contributed by atoms with van der Waals surface area (Å²) in [6, 6.07) is 8.16. The van der Waals surface area contributed by atoms with E-state index >= 15 is 0 Å². The fourth-order valence-electron chi connectivity index (χ4n) is 3.99. The van der Waals surface area contributed by atoms with Crippen molar-refractivity contribution in [3.05, 3.63) is 54.5 Å². The van der Waals surface area contributed by atoms with Gasteiger partial charge in [-0.15, -0.1) is 0 Å². The molecule has 34 heavy (non-hydrogen) atoms. The van der Waals surface area contributed by atoms with Crippen LogP contribution in [0.15, 0.2) is 48.9 Å². The lowest BCUT2D eigenvalue weighted by Gasteiger charge is -2.24. The maximum Gasteiger partial charge on any atom is 0.231 e. The molecule has 0 fully saturated rings. The average Bonchev–Trinajstić information content (AvgIpc) is 3.22. The number of hydrogen-bond donors (Lipinski definition) is 4. The van der Waals surface area contributed by atoms with Crippen LogP contribution in [-0.2, 0) is 0 Å². The third-order valence-corrected chi connectivity index (χ3v) is 5.37. The lowest BCUT2D eigenvalue weighted by molar-refractivity contribution is 0.755. The number of hydrogen-bond acceptors (Lipinski definition) is 7. The van der Waals surface area contributed by atoms with Gasteiger partial charge < -0.3 is 26.3 Å². The molecule has 5 N–H and O–H groups in total. The van der Waals surface area contributed by atoms with Crippen LogP contribution in [0.5, 0.6) is 0 Å². The Balaban J connectivity index is 0.00000158. The number of rotatable bonds is 9. The molecule has 4 rings (SSSR count). The van der Waals surface area contributed by atoms with Crippen molar-refractivity contribution in [1.29, 1.82) is 0 Å². The molecule has 8 heteroatoms. The van der Waals surface area contributed by atoms with E-state index in [1.54, 1.807) is 18.6 Å². The van der Waals surface area contributed by atoms with Gasteiger partial charge in [-0.05, 0) is 55.8 Å². The van der Waals surface area contributed by atoms with E-state index in [9.17, 15) is 0 Å². The summed E-state index contributed by atoms with van der Waals surface area (Å²) < 4.78 is 0. The molecule has 0 bridgehead atoms. The fourth-order valence-corrected chi connectivity index (χ4v) is 3.99. The van der Waals surface area contributed by atoms with Crippen LogP contribution in [0.2, 0.25) is 0 Å². The van der Waals surface area contributed by atoms with Crippen LogP contribution in [0.3, 0.4) is 0 Å². The number of fused-ring (bicyclic) bond motifs is 3. The third-order valence-electron chi connectivity index (χ3n) is 5.37. The van der Waals surface area contributed by atoms with Crippen molar-refractivity contribution in [2.75, 3.05) is 35.7 Å². The molecule has 3 aromatic heterocycles. The largest absolute Gasteiger partial charge is 0.405 e. The van der Waals surface area contributed by atoms with E-state index in [2.05, 4.69) is 51.5 Å². The van der Waals surface area contributed by atoms with Crippen molar-refractivity contribution in [2.24, 2.45) is 5.73 Å². The van der Waals surface area contributed by atoms with Crippen LogP contribution < -0.4 is 21.3 Å². The second kappa shape index (κ2) is 11.9. The van der Waals surface area contributed by atoms with E-state index in [-0.39, 0.29) is 0 Å². The SMILES string of the molecule is CC.CCCN(CCC=CN)c1nc(Nc2cccnc2)nc2[nH]c3c(NC)cc(C)cc3c12. The molecule has 0 saturated heterocycles. The van der Waals surface area contributed by atoms with Crippen molar-refractivity contribution in [3.63, 3.8) is 0 Å². The van der Waals surface area contributed by atoms with Crippen molar-refractivity contribution in [1.82, 2.24) is 19.9 Å². The van der Waals surface area contributed by atoms with Crippen LogP contribution in [0.4, 0.5) is 23.1 Å². The molecule has 0 atom stereocenters. The highest BCUT2D eigenvalue weighted by Gasteiger charge is 2.20. The van der Waals surface area contributed by atoms with Crippen molar-refractivity contribution in [2.45, 2.75) is 40.5 Å². The lowest BCUT2D eigenvalue weighted by atomic mass is 10.1. The molecular formula is C26H36N8. The predicted octanol–water partition coefficient (Wildman–Crippen LogP) is 5.70. The molecule has 0 saturated carbocycles. The number of anilines is 4. The molecule has 4 aromatic rings. The number of nitrogens with one attached hydrogen (secondary N) is 3. The highest BCUT2D eigenvalue weighted by Crippen LogP contribution is 2.37. The zero-order valence-electron chi connectivity index (χ0n) is 20.8. The van der Waals surface area contributed by atoms with Gasteiger partial charge in [0.2, 0.25) is 5.95 Å². The Kier molecular flexibility index (Phi) is 8.67. The first kappa shape index (κ1) is 24.8. The number of aromatic amines is 1. The van der Waals surface area contributed by atoms with Gasteiger partial charge in [0.15, 0.2) is 0 Å². The van der Waals surface area contributed by atoms with E-state index in [1.165, 1.54) is 5.56 Å². The zero-order chi connectivity index (χ0) is 24.5. The highest BCUT2D eigenvalue weighted by molar-refractivity contribution is 6.15. The molecule has 0 aliphatic rings. The Morgan fingerprint density at radius 3 is 2.68 bits per heavy atom. The second-order valence-electron chi connectivity index (χ2n) is 7.78. The molecule has 180 valence electrons. The molecule has 0 aliphatic carbocycles. The summed E-state index contributed by atoms with van der Waals surface area (Å²) in [7, 11) is 1.93. The number of benzene rings is 1. The Hall–Kier alpha value is -3.81. The van der Waals surface area contributed by atoms with Crippen molar-refractivity contribution >= 4 is 45.1 Å². The standard InChI is InChI=1S/C24H30N8.C2H6/c1-4-11-32(12-6-5-9-25)23-20-18-13-16(2)14-19(26-3)21(18)29-22(20)30-24(31-23)28-17-8-7-10-27-15-17;1-2/h5,7-10,13-15,26H,4,6,11-12,25H2,1-3H3,(H2,28,29,30,31);1-2H3. The minimum atomic E-state index is 0.533. The first-order valence-electron chi connectivity index (χ1n) is 11.9.